The zero-order valence-electron chi connectivity index (χ0n) is 12.3. The predicted octanol–water partition coefficient (Wildman–Crippen LogP) is 3.54. The van der Waals surface area contributed by atoms with Crippen LogP contribution < -0.4 is 5.32 Å². The molecule has 1 fully saturated rings. The van der Waals surface area contributed by atoms with Gasteiger partial charge in [-0.25, -0.2) is 0 Å². The van der Waals surface area contributed by atoms with Gasteiger partial charge < -0.3 is 10.1 Å². The number of benzene rings is 1. The smallest absolute Gasteiger partial charge is 0.0588 e. The van der Waals surface area contributed by atoms with E-state index in [0.717, 1.165) is 32.0 Å². The third-order valence-electron chi connectivity index (χ3n) is 3.66. The SMILES string of the molecule is CC(C)Cc1ccc(CNCCC2CCCO2)cc1. The lowest BCUT2D eigenvalue weighted by molar-refractivity contribution is 0.104. The number of hydrogen-bond donors (Lipinski definition) is 1. The van der Waals surface area contributed by atoms with Crippen LogP contribution >= 0.6 is 0 Å². The molecule has 106 valence electrons. The highest BCUT2D eigenvalue weighted by atomic mass is 16.5. The Morgan fingerprint density at radius 1 is 1.21 bits per heavy atom. The van der Waals surface area contributed by atoms with Crippen molar-refractivity contribution in [1.82, 2.24) is 5.32 Å². The minimum absolute atomic E-state index is 0.501. The van der Waals surface area contributed by atoms with E-state index >= 15 is 0 Å². The molecule has 2 rings (SSSR count). The fourth-order valence-corrected chi connectivity index (χ4v) is 2.63. The Morgan fingerprint density at radius 2 is 1.95 bits per heavy atom. The molecule has 1 aliphatic rings. The summed E-state index contributed by atoms with van der Waals surface area (Å²) in [6, 6.07) is 9.02. The van der Waals surface area contributed by atoms with Crippen molar-refractivity contribution in [3.05, 3.63) is 35.4 Å². The minimum atomic E-state index is 0.501. The zero-order valence-corrected chi connectivity index (χ0v) is 12.3. The number of ether oxygens (including phenoxy) is 1. The fourth-order valence-electron chi connectivity index (χ4n) is 2.63. The van der Waals surface area contributed by atoms with Gasteiger partial charge in [0.15, 0.2) is 0 Å². The maximum Gasteiger partial charge on any atom is 0.0588 e. The summed E-state index contributed by atoms with van der Waals surface area (Å²) >= 11 is 0. The molecule has 0 spiro atoms. The van der Waals surface area contributed by atoms with Gasteiger partial charge in [0.05, 0.1) is 6.10 Å². The van der Waals surface area contributed by atoms with E-state index in [1.807, 2.05) is 0 Å². The standard InChI is InChI=1S/C17H27NO/c1-14(2)12-15-5-7-16(8-6-15)13-18-10-9-17-4-3-11-19-17/h5-8,14,17-18H,3-4,9-13H2,1-2H3. The second-order valence-corrected chi connectivity index (χ2v) is 6.01. The monoisotopic (exact) mass is 261 g/mol. The van der Waals surface area contributed by atoms with Crippen LogP contribution in [-0.2, 0) is 17.7 Å². The van der Waals surface area contributed by atoms with Crippen molar-refractivity contribution in [2.24, 2.45) is 5.92 Å². The first-order valence-electron chi connectivity index (χ1n) is 7.64. The highest BCUT2D eigenvalue weighted by Crippen LogP contribution is 2.14. The summed E-state index contributed by atoms with van der Waals surface area (Å²) in [5.74, 6) is 0.732. The molecule has 0 aromatic heterocycles. The molecule has 1 aromatic rings. The van der Waals surface area contributed by atoms with E-state index in [4.69, 9.17) is 4.74 Å². The quantitative estimate of drug-likeness (QED) is 0.758. The lowest BCUT2D eigenvalue weighted by Gasteiger charge is -2.10. The van der Waals surface area contributed by atoms with Crippen molar-refractivity contribution < 1.29 is 4.74 Å². The van der Waals surface area contributed by atoms with Gasteiger partial charge in [-0.05, 0) is 49.3 Å². The summed E-state index contributed by atoms with van der Waals surface area (Å²) in [7, 11) is 0. The Balaban J connectivity index is 1.65. The number of rotatable bonds is 7. The molecule has 0 radical (unpaired) electrons. The molecular weight excluding hydrogens is 234 g/mol. The fraction of sp³-hybridized carbons (Fsp3) is 0.647. The molecule has 0 amide bonds. The first kappa shape index (κ1) is 14.5. The van der Waals surface area contributed by atoms with Gasteiger partial charge in [-0.15, -0.1) is 0 Å². The Labute approximate surface area is 117 Å². The van der Waals surface area contributed by atoms with Gasteiger partial charge >= 0.3 is 0 Å². The van der Waals surface area contributed by atoms with Crippen LogP contribution in [0.4, 0.5) is 0 Å². The average molecular weight is 261 g/mol. The van der Waals surface area contributed by atoms with Gasteiger partial charge in [0.25, 0.3) is 0 Å². The van der Waals surface area contributed by atoms with Crippen molar-refractivity contribution in [3.8, 4) is 0 Å². The van der Waals surface area contributed by atoms with Crippen LogP contribution in [0.3, 0.4) is 0 Å². The zero-order chi connectivity index (χ0) is 13.5. The third-order valence-corrected chi connectivity index (χ3v) is 3.66. The number of hydrogen-bond acceptors (Lipinski definition) is 2. The molecule has 0 saturated carbocycles. The molecule has 1 aliphatic heterocycles. The summed E-state index contributed by atoms with van der Waals surface area (Å²) in [4.78, 5) is 0. The lowest BCUT2D eigenvalue weighted by Crippen LogP contribution is -2.19. The molecule has 1 unspecified atom stereocenters. The van der Waals surface area contributed by atoms with Gasteiger partial charge in [-0.1, -0.05) is 38.1 Å². The van der Waals surface area contributed by atoms with Crippen LogP contribution in [0.25, 0.3) is 0 Å². The summed E-state index contributed by atoms with van der Waals surface area (Å²) in [6.45, 7) is 7.51. The van der Waals surface area contributed by atoms with Gasteiger partial charge in [0.2, 0.25) is 0 Å². The average Bonchev–Trinajstić information content (AvgIpc) is 2.89. The van der Waals surface area contributed by atoms with E-state index in [-0.39, 0.29) is 0 Å². The minimum Gasteiger partial charge on any atom is -0.378 e. The molecule has 2 heteroatoms. The molecule has 1 aromatic carbocycles. The Morgan fingerprint density at radius 3 is 2.58 bits per heavy atom. The van der Waals surface area contributed by atoms with Crippen LogP contribution in [0, 0.1) is 5.92 Å². The van der Waals surface area contributed by atoms with Crippen molar-refractivity contribution in [2.45, 2.75) is 52.2 Å². The summed E-state index contributed by atoms with van der Waals surface area (Å²) in [5, 5.41) is 3.51. The molecule has 1 heterocycles. The maximum atomic E-state index is 5.62. The van der Waals surface area contributed by atoms with Gasteiger partial charge in [-0.2, -0.15) is 0 Å². The first-order valence-corrected chi connectivity index (χ1v) is 7.64. The van der Waals surface area contributed by atoms with E-state index in [2.05, 4.69) is 43.4 Å². The second-order valence-electron chi connectivity index (χ2n) is 6.01. The van der Waals surface area contributed by atoms with Gasteiger partial charge in [0.1, 0.15) is 0 Å². The van der Waals surface area contributed by atoms with E-state index < -0.39 is 0 Å². The Hall–Kier alpha value is -0.860. The van der Waals surface area contributed by atoms with Crippen LogP contribution in [-0.4, -0.2) is 19.3 Å². The van der Waals surface area contributed by atoms with Crippen molar-refractivity contribution >= 4 is 0 Å². The predicted molar refractivity (Wildman–Crippen MR) is 80.3 cm³/mol. The molecule has 1 atom stereocenters. The highest BCUT2D eigenvalue weighted by molar-refractivity contribution is 5.22. The van der Waals surface area contributed by atoms with E-state index in [1.165, 1.54) is 30.4 Å². The van der Waals surface area contributed by atoms with E-state index in [0.29, 0.717) is 6.10 Å². The molecule has 1 N–H and O–H groups in total. The Bertz CT molecular complexity index is 352. The first-order chi connectivity index (χ1) is 9.24. The summed E-state index contributed by atoms with van der Waals surface area (Å²) in [6.07, 6.45) is 5.30. The van der Waals surface area contributed by atoms with Crippen molar-refractivity contribution in [3.63, 3.8) is 0 Å². The van der Waals surface area contributed by atoms with Crippen LogP contribution in [0.2, 0.25) is 0 Å². The topological polar surface area (TPSA) is 21.3 Å². The van der Waals surface area contributed by atoms with Crippen LogP contribution in [0.5, 0.6) is 0 Å². The van der Waals surface area contributed by atoms with Crippen molar-refractivity contribution in [2.75, 3.05) is 13.2 Å². The second kappa shape index (κ2) is 7.66. The molecule has 0 aliphatic carbocycles. The molecular formula is C17H27NO. The summed E-state index contributed by atoms with van der Waals surface area (Å²) in [5.41, 5.74) is 2.82. The molecule has 0 bridgehead atoms. The maximum absolute atomic E-state index is 5.62. The van der Waals surface area contributed by atoms with Crippen LogP contribution in [0.15, 0.2) is 24.3 Å². The van der Waals surface area contributed by atoms with Gasteiger partial charge in [0, 0.05) is 13.2 Å². The summed E-state index contributed by atoms with van der Waals surface area (Å²) < 4.78 is 5.62. The lowest BCUT2D eigenvalue weighted by atomic mass is 10.0. The van der Waals surface area contributed by atoms with Crippen LogP contribution in [0.1, 0.15) is 44.2 Å². The van der Waals surface area contributed by atoms with Gasteiger partial charge in [-0.3, -0.25) is 0 Å². The Kier molecular flexibility index (Phi) is 5.87. The number of nitrogens with one attached hydrogen (secondary N) is 1. The molecule has 1 saturated heterocycles. The molecule has 19 heavy (non-hydrogen) atoms. The molecule has 2 nitrogen and oxygen atoms in total. The third kappa shape index (κ3) is 5.33. The largest absolute Gasteiger partial charge is 0.378 e. The van der Waals surface area contributed by atoms with E-state index in [9.17, 15) is 0 Å². The highest BCUT2D eigenvalue weighted by Gasteiger charge is 2.14. The van der Waals surface area contributed by atoms with Crippen molar-refractivity contribution in [1.29, 1.82) is 0 Å². The van der Waals surface area contributed by atoms with E-state index in [1.54, 1.807) is 0 Å². The normalized spacial score (nSPS) is 19.2.